The van der Waals surface area contributed by atoms with Gasteiger partial charge in [-0.2, -0.15) is 0 Å². The minimum Gasteiger partial charge on any atom is -0.329 e. The third kappa shape index (κ3) is 2.31. The van der Waals surface area contributed by atoms with Gasteiger partial charge < -0.3 is 4.98 Å². The molecule has 104 valence electrons. The summed E-state index contributed by atoms with van der Waals surface area (Å²) in [5.41, 5.74) is 3.11. The van der Waals surface area contributed by atoms with Crippen LogP contribution < -0.4 is 0 Å². The van der Waals surface area contributed by atoms with E-state index < -0.39 is 0 Å². The molecule has 0 radical (unpaired) electrons. The topological polar surface area (TPSA) is 33.6 Å². The van der Waals surface area contributed by atoms with Crippen molar-refractivity contribution in [1.29, 1.82) is 0 Å². The van der Waals surface area contributed by atoms with Crippen LogP contribution in [0.2, 0.25) is 0 Å². The van der Waals surface area contributed by atoms with Crippen LogP contribution in [0.5, 0.6) is 0 Å². The maximum atomic E-state index is 5.53. The molecule has 1 unspecified atom stereocenters. The maximum absolute atomic E-state index is 5.53. The zero-order chi connectivity index (χ0) is 14.1. The van der Waals surface area contributed by atoms with Gasteiger partial charge in [0.2, 0.25) is 0 Å². The van der Waals surface area contributed by atoms with E-state index >= 15 is 0 Å². The van der Waals surface area contributed by atoms with Crippen molar-refractivity contribution in [2.75, 3.05) is 0 Å². The fraction of sp³-hybridized carbons (Fsp3) is 0.333. The van der Waals surface area contributed by atoms with Gasteiger partial charge in [-0.1, -0.05) is 19.4 Å². The van der Waals surface area contributed by atoms with Gasteiger partial charge in [0.05, 0.1) is 11.6 Å². The third-order valence-electron chi connectivity index (χ3n) is 3.44. The van der Waals surface area contributed by atoms with Crippen molar-refractivity contribution in [3.8, 4) is 0 Å². The Morgan fingerprint density at radius 3 is 3.05 bits per heavy atom. The Morgan fingerprint density at radius 2 is 2.35 bits per heavy atom. The second kappa shape index (κ2) is 5.50. The van der Waals surface area contributed by atoms with Crippen molar-refractivity contribution in [1.82, 2.24) is 14.5 Å². The van der Waals surface area contributed by atoms with Crippen molar-refractivity contribution in [3.63, 3.8) is 0 Å². The molecule has 1 atom stereocenters. The Labute approximate surface area is 127 Å². The van der Waals surface area contributed by atoms with Crippen LogP contribution in [0.15, 0.2) is 29.8 Å². The van der Waals surface area contributed by atoms with Crippen LogP contribution in [0.1, 0.15) is 36.2 Å². The molecule has 20 heavy (non-hydrogen) atoms. The van der Waals surface area contributed by atoms with E-state index in [1.165, 1.54) is 4.88 Å². The van der Waals surface area contributed by atoms with Crippen LogP contribution in [0.4, 0.5) is 0 Å². The summed E-state index contributed by atoms with van der Waals surface area (Å²) in [4.78, 5) is 9.21. The standard InChI is InChI=1S/C15H17N3S2/c1-3-5-12(13-6-4-7-20-13)18-14-11(17-15(18)19)8-10(2)9-16-14/h4,6-9,12H,3,5H2,1-2H3,(H,17,19). The molecule has 3 aromatic rings. The van der Waals surface area contributed by atoms with E-state index in [0.29, 0.717) is 0 Å². The fourth-order valence-corrected chi connectivity index (χ4v) is 3.74. The highest BCUT2D eigenvalue weighted by atomic mass is 32.1. The molecule has 3 rings (SSSR count). The molecular weight excluding hydrogens is 286 g/mol. The lowest BCUT2D eigenvalue weighted by molar-refractivity contribution is 0.545. The number of fused-ring (bicyclic) bond motifs is 1. The second-order valence-corrected chi connectivity index (χ2v) is 6.37. The summed E-state index contributed by atoms with van der Waals surface area (Å²) < 4.78 is 2.92. The molecule has 0 bridgehead atoms. The molecular formula is C15H17N3S2. The minimum atomic E-state index is 0.274. The van der Waals surface area contributed by atoms with Crippen LogP contribution in [0.3, 0.4) is 0 Å². The number of aromatic nitrogens is 3. The minimum absolute atomic E-state index is 0.274. The summed E-state index contributed by atoms with van der Waals surface area (Å²) in [7, 11) is 0. The van der Waals surface area contributed by atoms with Crippen LogP contribution in [-0.2, 0) is 0 Å². The molecule has 3 nitrogen and oxygen atoms in total. The quantitative estimate of drug-likeness (QED) is 0.699. The van der Waals surface area contributed by atoms with Crippen molar-refractivity contribution in [2.45, 2.75) is 32.7 Å². The summed E-state index contributed by atoms with van der Waals surface area (Å²) >= 11 is 7.31. The number of nitrogens with one attached hydrogen (secondary N) is 1. The number of aryl methyl sites for hydroxylation is 1. The van der Waals surface area contributed by atoms with E-state index in [-0.39, 0.29) is 6.04 Å². The molecule has 5 heteroatoms. The number of H-pyrrole nitrogens is 1. The first-order chi connectivity index (χ1) is 9.70. The van der Waals surface area contributed by atoms with Gasteiger partial charge in [0.15, 0.2) is 10.4 Å². The van der Waals surface area contributed by atoms with Crippen molar-refractivity contribution < 1.29 is 0 Å². The van der Waals surface area contributed by atoms with Crippen molar-refractivity contribution >= 4 is 34.7 Å². The lowest BCUT2D eigenvalue weighted by Gasteiger charge is -2.17. The summed E-state index contributed by atoms with van der Waals surface area (Å²) in [6.07, 6.45) is 4.08. The SMILES string of the molecule is CCCC(c1cccs1)n1c(=S)[nH]c2cc(C)cnc21. The molecule has 0 amide bonds. The monoisotopic (exact) mass is 303 g/mol. The molecule has 1 N–H and O–H groups in total. The molecule has 0 spiro atoms. The molecule has 3 heterocycles. The fourth-order valence-electron chi connectivity index (χ4n) is 2.56. The van der Waals surface area contributed by atoms with E-state index in [9.17, 15) is 0 Å². The van der Waals surface area contributed by atoms with Crippen molar-refractivity contribution in [2.24, 2.45) is 0 Å². The van der Waals surface area contributed by atoms with E-state index in [1.54, 1.807) is 11.3 Å². The predicted molar refractivity (Wildman–Crippen MR) is 87.0 cm³/mol. The van der Waals surface area contributed by atoms with Gasteiger partial charge in [0, 0.05) is 11.1 Å². The average Bonchev–Trinajstić information content (AvgIpc) is 3.03. The van der Waals surface area contributed by atoms with E-state index in [4.69, 9.17) is 12.2 Å². The Morgan fingerprint density at radius 1 is 1.50 bits per heavy atom. The highest BCUT2D eigenvalue weighted by molar-refractivity contribution is 7.71. The summed E-state index contributed by atoms with van der Waals surface area (Å²) in [6.45, 7) is 4.25. The van der Waals surface area contributed by atoms with Crippen LogP contribution in [0.25, 0.3) is 11.2 Å². The smallest absolute Gasteiger partial charge is 0.179 e. The molecule has 0 aliphatic heterocycles. The molecule has 3 aromatic heterocycles. The molecule has 0 aliphatic carbocycles. The number of rotatable bonds is 4. The Hall–Kier alpha value is -1.46. The zero-order valence-corrected chi connectivity index (χ0v) is 13.2. The van der Waals surface area contributed by atoms with Crippen LogP contribution in [-0.4, -0.2) is 14.5 Å². The van der Waals surface area contributed by atoms with Crippen LogP contribution >= 0.6 is 23.6 Å². The zero-order valence-electron chi connectivity index (χ0n) is 11.6. The van der Waals surface area contributed by atoms with E-state index in [2.05, 4.69) is 45.0 Å². The Balaban J connectivity index is 2.21. The second-order valence-electron chi connectivity index (χ2n) is 5.00. The predicted octanol–water partition coefficient (Wildman–Crippen LogP) is 4.85. The first-order valence-corrected chi connectivity index (χ1v) is 8.09. The number of hydrogen-bond acceptors (Lipinski definition) is 3. The number of imidazole rings is 1. The first kappa shape index (κ1) is 13.5. The lowest BCUT2D eigenvalue weighted by Crippen LogP contribution is -2.10. The number of nitrogens with zero attached hydrogens (tertiary/aromatic N) is 2. The van der Waals surface area contributed by atoms with Gasteiger partial charge >= 0.3 is 0 Å². The number of hydrogen-bond donors (Lipinski definition) is 1. The number of thiophene rings is 1. The largest absolute Gasteiger partial charge is 0.329 e. The van der Waals surface area contributed by atoms with Gasteiger partial charge in [-0.25, -0.2) is 4.98 Å². The molecule has 0 saturated heterocycles. The normalized spacial score (nSPS) is 12.9. The first-order valence-electron chi connectivity index (χ1n) is 6.81. The summed E-state index contributed by atoms with van der Waals surface area (Å²) in [5.74, 6) is 0. The maximum Gasteiger partial charge on any atom is 0.179 e. The molecule has 0 aliphatic rings. The summed E-state index contributed by atoms with van der Waals surface area (Å²) in [5, 5.41) is 2.12. The van der Waals surface area contributed by atoms with E-state index in [1.807, 2.05) is 13.1 Å². The van der Waals surface area contributed by atoms with Gasteiger partial charge in [0.25, 0.3) is 0 Å². The van der Waals surface area contributed by atoms with E-state index in [0.717, 1.165) is 34.3 Å². The molecule has 0 saturated carbocycles. The molecule has 0 aromatic carbocycles. The third-order valence-corrected chi connectivity index (χ3v) is 4.71. The Bertz CT molecular complexity index is 768. The van der Waals surface area contributed by atoms with Crippen molar-refractivity contribution in [3.05, 3.63) is 45.0 Å². The lowest BCUT2D eigenvalue weighted by atomic mass is 10.1. The highest BCUT2D eigenvalue weighted by Crippen LogP contribution is 2.30. The van der Waals surface area contributed by atoms with Gasteiger partial charge in [0.1, 0.15) is 0 Å². The highest BCUT2D eigenvalue weighted by Gasteiger charge is 2.18. The number of aromatic amines is 1. The Kier molecular flexibility index (Phi) is 3.72. The van der Waals surface area contributed by atoms with Gasteiger partial charge in [-0.3, -0.25) is 4.57 Å². The summed E-state index contributed by atoms with van der Waals surface area (Å²) in [6, 6.07) is 6.65. The average molecular weight is 303 g/mol. The number of pyridine rings is 1. The van der Waals surface area contributed by atoms with Gasteiger partial charge in [-0.15, -0.1) is 11.3 Å². The molecule has 0 fully saturated rings. The van der Waals surface area contributed by atoms with Crippen LogP contribution in [0, 0.1) is 11.7 Å². The van der Waals surface area contributed by atoms with Gasteiger partial charge in [-0.05, 0) is 48.6 Å².